The van der Waals surface area contributed by atoms with Gasteiger partial charge in [-0.2, -0.15) is 0 Å². The summed E-state index contributed by atoms with van der Waals surface area (Å²) in [7, 11) is 0. The Bertz CT molecular complexity index is 234. The second-order valence-corrected chi connectivity index (χ2v) is 4.33. The van der Waals surface area contributed by atoms with E-state index in [0.29, 0.717) is 11.8 Å². The van der Waals surface area contributed by atoms with Crippen LogP contribution >= 0.6 is 0 Å². The lowest BCUT2D eigenvalue weighted by molar-refractivity contribution is -0.771. The van der Waals surface area contributed by atoms with Crippen molar-refractivity contribution in [3.8, 4) is 0 Å². The van der Waals surface area contributed by atoms with Gasteiger partial charge in [0.15, 0.2) is 6.23 Å². The van der Waals surface area contributed by atoms with E-state index in [4.69, 9.17) is 0 Å². The van der Waals surface area contributed by atoms with E-state index < -0.39 is 5.09 Å². The lowest BCUT2D eigenvalue weighted by Gasteiger charge is -2.16. The predicted molar refractivity (Wildman–Crippen MR) is 49.9 cm³/mol. The van der Waals surface area contributed by atoms with Gasteiger partial charge in [-0.15, -0.1) is 10.1 Å². The van der Waals surface area contributed by atoms with Gasteiger partial charge in [-0.25, -0.2) is 0 Å². The number of fused-ring (bicyclic) bond motifs is 1. The van der Waals surface area contributed by atoms with Crippen LogP contribution in [0.3, 0.4) is 0 Å². The molecule has 1 saturated carbocycles. The monoisotopic (exact) mass is 200 g/mol. The Hall–Kier alpha value is -0.840. The number of nitrogens with one attached hydrogen (secondary N) is 1. The average Bonchev–Trinajstić information content (AvgIpc) is 2.66. The quantitative estimate of drug-likeness (QED) is 0.548. The van der Waals surface area contributed by atoms with Gasteiger partial charge < -0.3 is 0 Å². The number of rotatable bonds is 3. The summed E-state index contributed by atoms with van der Waals surface area (Å²) in [5.41, 5.74) is 0. The molecular weight excluding hydrogens is 184 g/mol. The smallest absolute Gasteiger partial charge is 0.295 e. The Balaban J connectivity index is 1.94. The first-order chi connectivity index (χ1) is 6.70. The van der Waals surface area contributed by atoms with Gasteiger partial charge in [0.25, 0.3) is 5.09 Å². The second-order valence-electron chi connectivity index (χ2n) is 4.33. The summed E-state index contributed by atoms with van der Waals surface area (Å²) in [5.74, 6) is 1.68. The molecule has 0 bridgehead atoms. The number of nitrogens with zero attached hydrogens (tertiary/aromatic N) is 1. The number of hydrogen-bond donors (Lipinski definition) is 1. The minimum absolute atomic E-state index is 0.352. The molecule has 1 aliphatic heterocycles. The van der Waals surface area contributed by atoms with Crippen molar-refractivity contribution in [3.05, 3.63) is 10.1 Å². The van der Waals surface area contributed by atoms with Crippen LogP contribution < -0.4 is 5.32 Å². The highest BCUT2D eigenvalue weighted by Gasteiger charge is 2.44. The third-order valence-electron chi connectivity index (χ3n) is 3.59. The van der Waals surface area contributed by atoms with Crippen LogP contribution in [0.15, 0.2) is 0 Å². The maximum Gasteiger partial charge on any atom is 0.296 e. The molecule has 0 aromatic carbocycles. The van der Waals surface area contributed by atoms with Gasteiger partial charge in [-0.05, 0) is 24.7 Å². The van der Waals surface area contributed by atoms with Crippen LogP contribution in [0, 0.1) is 27.9 Å². The van der Waals surface area contributed by atoms with Gasteiger partial charge in [0.05, 0.1) is 0 Å². The van der Waals surface area contributed by atoms with Crippen molar-refractivity contribution in [1.82, 2.24) is 5.32 Å². The Morgan fingerprint density at radius 3 is 3.00 bits per heavy atom. The highest BCUT2D eigenvalue weighted by Crippen LogP contribution is 2.42. The first kappa shape index (κ1) is 9.71. The fraction of sp³-hybridized carbons (Fsp3) is 1.00. The Morgan fingerprint density at radius 1 is 1.57 bits per heavy atom. The summed E-state index contributed by atoms with van der Waals surface area (Å²) in [6.07, 6.45) is 3.10. The molecule has 2 rings (SSSR count). The lowest BCUT2D eigenvalue weighted by Crippen LogP contribution is -2.32. The molecule has 0 aromatic rings. The van der Waals surface area contributed by atoms with E-state index in [0.717, 1.165) is 18.9 Å². The zero-order valence-electron chi connectivity index (χ0n) is 8.31. The molecule has 5 nitrogen and oxygen atoms in total. The molecule has 80 valence electrons. The summed E-state index contributed by atoms with van der Waals surface area (Å²) in [6.45, 7) is 3.06. The standard InChI is InChI=1S/C9H16N2O3/c1-2-6-3-7-5-10-9(8(7)4-6)14-11(12)13/h6-10H,2-5H2,1H3. The van der Waals surface area contributed by atoms with Crippen molar-refractivity contribution in [2.75, 3.05) is 6.54 Å². The SMILES string of the molecule is CCC1CC2CNC(O[N+](=O)[O-])C2C1. The number of hydrogen-bond acceptors (Lipinski definition) is 4. The van der Waals surface area contributed by atoms with E-state index >= 15 is 0 Å². The van der Waals surface area contributed by atoms with Crippen LogP contribution in [0.2, 0.25) is 0 Å². The van der Waals surface area contributed by atoms with Crippen LogP contribution in [-0.4, -0.2) is 17.9 Å². The molecule has 2 aliphatic rings. The summed E-state index contributed by atoms with van der Waals surface area (Å²) in [6, 6.07) is 0. The molecule has 1 heterocycles. The predicted octanol–water partition coefficient (Wildman–Crippen LogP) is 1.18. The minimum atomic E-state index is -0.681. The third-order valence-corrected chi connectivity index (χ3v) is 3.59. The van der Waals surface area contributed by atoms with Crippen LogP contribution in [0.25, 0.3) is 0 Å². The van der Waals surface area contributed by atoms with Crippen LogP contribution in [0.4, 0.5) is 0 Å². The fourth-order valence-electron chi connectivity index (χ4n) is 2.84. The Morgan fingerprint density at radius 2 is 2.36 bits per heavy atom. The molecule has 0 spiro atoms. The average molecular weight is 200 g/mol. The maximum atomic E-state index is 10.2. The van der Waals surface area contributed by atoms with E-state index in [-0.39, 0.29) is 6.23 Å². The molecule has 5 heteroatoms. The van der Waals surface area contributed by atoms with Gasteiger partial charge in [0.2, 0.25) is 0 Å². The molecule has 1 aliphatic carbocycles. The van der Waals surface area contributed by atoms with Gasteiger partial charge in [-0.3, -0.25) is 10.2 Å². The Labute approximate surface area is 82.9 Å². The molecule has 4 unspecified atom stereocenters. The van der Waals surface area contributed by atoms with Crippen molar-refractivity contribution < 1.29 is 9.92 Å². The van der Waals surface area contributed by atoms with Crippen LogP contribution in [-0.2, 0) is 4.84 Å². The molecule has 0 aromatic heterocycles. The topological polar surface area (TPSA) is 64.4 Å². The van der Waals surface area contributed by atoms with Crippen LogP contribution in [0.1, 0.15) is 26.2 Å². The zero-order valence-corrected chi connectivity index (χ0v) is 8.31. The fourth-order valence-corrected chi connectivity index (χ4v) is 2.84. The summed E-state index contributed by atoms with van der Waals surface area (Å²) >= 11 is 0. The normalized spacial score (nSPS) is 40.9. The van der Waals surface area contributed by atoms with Crippen molar-refractivity contribution in [3.63, 3.8) is 0 Å². The summed E-state index contributed by atoms with van der Waals surface area (Å²) in [4.78, 5) is 14.9. The van der Waals surface area contributed by atoms with Crippen molar-refractivity contribution >= 4 is 0 Å². The van der Waals surface area contributed by atoms with Gasteiger partial charge >= 0.3 is 0 Å². The highest BCUT2D eigenvalue weighted by atomic mass is 17.0. The molecule has 4 atom stereocenters. The zero-order chi connectivity index (χ0) is 10.1. The van der Waals surface area contributed by atoms with E-state index in [1.54, 1.807) is 0 Å². The Kier molecular flexibility index (Phi) is 2.58. The molecular formula is C9H16N2O3. The molecule has 0 amide bonds. The van der Waals surface area contributed by atoms with Gasteiger partial charge in [0, 0.05) is 12.5 Å². The summed E-state index contributed by atoms with van der Waals surface area (Å²) < 4.78 is 0. The molecule has 1 N–H and O–H groups in total. The molecule has 14 heavy (non-hydrogen) atoms. The first-order valence-electron chi connectivity index (χ1n) is 5.25. The maximum absolute atomic E-state index is 10.2. The van der Waals surface area contributed by atoms with E-state index in [2.05, 4.69) is 17.1 Å². The van der Waals surface area contributed by atoms with Crippen molar-refractivity contribution in [1.29, 1.82) is 0 Å². The van der Waals surface area contributed by atoms with Crippen molar-refractivity contribution in [2.24, 2.45) is 17.8 Å². The molecule has 2 fully saturated rings. The van der Waals surface area contributed by atoms with E-state index in [9.17, 15) is 10.1 Å². The van der Waals surface area contributed by atoms with E-state index in [1.807, 2.05) is 0 Å². The van der Waals surface area contributed by atoms with Crippen LogP contribution in [0.5, 0.6) is 0 Å². The van der Waals surface area contributed by atoms with E-state index in [1.165, 1.54) is 12.8 Å². The van der Waals surface area contributed by atoms with Crippen molar-refractivity contribution in [2.45, 2.75) is 32.4 Å². The van der Waals surface area contributed by atoms with Gasteiger partial charge in [0.1, 0.15) is 0 Å². The molecule has 0 radical (unpaired) electrons. The highest BCUT2D eigenvalue weighted by molar-refractivity contribution is 4.92. The second kappa shape index (κ2) is 3.73. The molecule has 1 saturated heterocycles. The first-order valence-corrected chi connectivity index (χ1v) is 5.25. The van der Waals surface area contributed by atoms with Gasteiger partial charge in [-0.1, -0.05) is 13.3 Å². The lowest BCUT2D eigenvalue weighted by atomic mass is 9.99. The largest absolute Gasteiger partial charge is 0.296 e. The summed E-state index contributed by atoms with van der Waals surface area (Å²) in [5, 5.41) is 12.6. The minimum Gasteiger partial charge on any atom is -0.295 e. The third kappa shape index (κ3) is 1.68.